The van der Waals surface area contributed by atoms with Gasteiger partial charge in [0, 0.05) is 24.1 Å². The van der Waals surface area contributed by atoms with Gasteiger partial charge in [0.2, 0.25) is 0 Å². The fourth-order valence-electron chi connectivity index (χ4n) is 5.04. The second-order valence-corrected chi connectivity index (χ2v) is 8.91. The number of hydrogen-bond acceptors (Lipinski definition) is 4. The van der Waals surface area contributed by atoms with Crippen LogP contribution in [0.3, 0.4) is 0 Å². The smallest absolute Gasteiger partial charge is 0.251 e. The number of aliphatic hydroxyl groups excluding tert-OH is 1. The van der Waals surface area contributed by atoms with E-state index in [0.29, 0.717) is 35.8 Å². The molecule has 29 heavy (non-hydrogen) atoms. The Morgan fingerprint density at radius 1 is 1.28 bits per heavy atom. The SMILES string of the molecule is O=C1Nc2nc(Cl)ccc2[C@@]12[C@@H](c1cccc(Cl)c1F)C[C@H](CO)N2CC1CC1. The van der Waals surface area contributed by atoms with E-state index >= 15 is 4.39 Å². The summed E-state index contributed by atoms with van der Waals surface area (Å²) < 4.78 is 15.1. The average molecular weight is 436 g/mol. The summed E-state index contributed by atoms with van der Waals surface area (Å²) in [6.07, 6.45) is 2.62. The number of hydrogen-bond donors (Lipinski definition) is 2. The first-order chi connectivity index (χ1) is 14.0. The van der Waals surface area contributed by atoms with E-state index in [-0.39, 0.29) is 28.7 Å². The van der Waals surface area contributed by atoms with Gasteiger partial charge in [0.1, 0.15) is 22.3 Å². The first-order valence-electron chi connectivity index (χ1n) is 9.76. The summed E-state index contributed by atoms with van der Waals surface area (Å²) in [7, 11) is 0. The Morgan fingerprint density at radius 3 is 2.79 bits per heavy atom. The number of likely N-dealkylation sites (tertiary alicyclic amines) is 1. The molecule has 2 fully saturated rings. The van der Waals surface area contributed by atoms with Gasteiger partial charge in [-0.25, -0.2) is 9.37 Å². The fraction of sp³-hybridized carbons (Fsp3) is 0.429. The van der Waals surface area contributed by atoms with Gasteiger partial charge >= 0.3 is 0 Å². The monoisotopic (exact) mass is 435 g/mol. The van der Waals surface area contributed by atoms with Crippen LogP contribution in [-0.4, -0.2) is 40.1 Å². The van der Waals surface area contributed by atoms with Crippen LogP contribution in [0.1, 0.15) is 36.3 Å². The molecule has 1 aromatic carbocycles. The average Bonchev–Trinajstić information content (AvgIpc) is 3.39. The van der Waals surface area contributed by atoms with Gasteiger partial charge in [-0.1, -0.05) is 35.3 Å². The highest BCUT2D eigenvalue weighted by Crippen LogP contribution is 2.58. The first kappa shape index (κ1) is 19.2. The number of nitrogens with zero attached hydrogens (tertiary/aromatic N) is 2. The van der Waals surface area contributed by atoms with Crippen LogP contribution in [0.4, 0.5) is 10.2 Å². The lowest BCUT2D eigenvalue weighted by atomic mass is 9.75. The van der Waals surface area contributed by atoms with E-state index in [9.17, 15) is 9.90 Å². The van der Waals surface area contributed by atoms with Crippen LogP contribution < -0.4 is 5.32 Å². The molecule has 8 heteroatoms. The lowest BCUT2D eigenvalue weighted by Crippen LogP contribution is -2.53. The Bertz CT molecular complexity index is 1000. The second kappa shape index (κ2) is 6.91. The molecule has 3 aliphatic rings. The lowest BCUT2D eigenvalue weighted by molar-refractivity contribution is -0.128. The van der Waals surface area contributed by atoms with Gasteiger partial charge < -0.3 is 10.4 Å². The quantitative estimate of drug-likeness (QED) is 0.713. The summed E-state index contributed by atoms with van der Waals surface area (Å²) in [6.45, 7) is 0.552. The summed E-state index contributed by atoms with van der Waals surface area (Å²) in [6, 6.07) is 8.04. The maximum Gasteiger partial charge on any atom is 0.251 e. The zero-order valence-corrected chi connectivity index (χ0v) is 17.0. The van der Waals surface area contributed by atoms with E-state index in [1.807, 2.05) is 0 Å². The third-order valence-corrected chi connectivity index (χ3v) is 6.98. The summed E-state index contributed by atoms with van der Waals surface area (Å²) in [4.78, 5) is 19.9. The summed E-state index contributed by atoms with van der Waals surface area (Å²) >= 11 is 12.1. The number of carbonyl (C=O) groups is 1. The van der Waals surface area contributed by atoms with Crippen molar-refractivity contribution in [2.24, 2.45) is 5.92 Å². The largest absolute Gasteiger partial charge is 0.395 e. The van der Waals surface area contributed by atoms with Crippen molar-refractivity contribution in [2.45, 2.75) is 36.8 Å². The van der Waals surface area contributed by atoms with Crippen LogP contribution in [-0.2, 0) is 10.3 Å². The zero-order valence-electron chi connectivity index (χ0n) is 15.5. The topological polar surface area (TPSA) is 65.5 Å². The van der Waals surface area contributed by atoms with Crippen molar-refractivity contribution < 1.29 is 14.3 Å². The normalized spacial score (nSPS) is 28.8. The summed E-state index contributed by atoms with van der Waals surface area (Å²) in [5, 5.41) is 13.3. The van der Waals surface area contributed by atoms with Gasteiger partial charge in [-0.2, -0.15) is 0 Å². The van der Waals surface area contributed by atoms with Gasteiger partial charge in [0.15, 0.2) is 0 Å². The Labute approximate surface area is 177 Å². The number of fused-ring (bicyclic) bond motifs is 2. The summed E-state index contributed by atoms with van der Waals surface area (Å²) in [5.74, 6) is -0.424. The molecule has 2 aromatic rings. The van der Waals surface area contributed by atoms with Crippen molar-refractivity contribution in [2.75, 3.05) is 18.5 Å². The molecule has 0 bridgehead atoms. The fourth-order valence-corrected chi connectivity index (χ4v) is 5.37. The van der Waals surface area contributed by atoms with Gasteiger partial charge in [-0.3, -0.25) is 9.69 Å². The molecule has 2 N–H and O–H groups in total. The number of benzene rings is 1. The molecule has 0 unspecified atom stereocenters. The molecular formula is C21H20Cl2FN3O2. The van der Waals surface area contributed by atoms with Crippen LogP contribution in [0.2, 0.25) is 10.2 Å². The second-order valence-electron chi connectivity index (χ2n) is 8.11. The summed E-state index contributed by atoms with van der Waals surface area (Å²) in [5.41, 5.74) is -0.103. The number of carbonyl (C=O) groups excluding carboxylic acids is 1. The zero-order chi connectivity index (χ0) is 20.3. The Balaban J connectivity index is 1.74. The standard InChI is InChI=1S/C21H20Cl2FN3O2/c22-16-3-1-2-13(18(16)24)15-8-12(10-28)27(9-11-4-5-11)21(15)14-6-7-17(23)25-19(14)26-20(21)29/h1-3,6-7,11-12,15,28H,4-5,8-10H2,(H,25,26,29)/t12-,15-,21-/m1/s1. The molecule has 5 rings (SSSR count). The molecular weight excluding hydrogens is 416 g/mol. The van der Waals surface area contributed by atoms with Crippen molar-refractivity contribution in [1.82, 2.24) is 9.88 Å². The van der Waals surface area contributed by atoms with Crippen molar-refractivity contribution >= 4 is 34.9 Å². The third-order valence-electron chi connectivity index (χ3n) is 6.48. The minimum atomic E-state index is -1.16. The maximum atomic E-state index is 15.1. The number of aliphatic hydroxyl groups is 1. The van der Waals surface area contributed by atoms with Crippen LogP contribution in [0.5, 0.6) is 0 Å². The number of nitrogens with one attached hydrogen (secondary N) is 1. The number of amides is 1. The van der Waals surface area contributed by atoms with Crippen LogP contribution in [0.25, 0.3) is 0 Å². The number of aromatic nitrogens is 1. The van der Waals surface area contributed by atoms with Crippen molar-refractivity contribution in [3.63, 3.8) is 0 Å². The van der Waals surface area contributed by atoms with Gasteiger partial charge in [0.25, 0.3) is 5.91 Å². The number of pyridine rings is 1. The predicted octanol–water partition coefficient (Wildman–Crippen LogP) is 3.94. The van der Waals surface area contributed by atoms with E-state index in [1.165, 1.54) is 6.07 Å². The van der Waals surface area contributed by atoms with Crippen molar-refractivity contribution in [3.05, 3.63) is 57.5 Å². The minimum absolute atomic E-state index is 0.0201. The van der Waals surface area contributed by atoms with E-state index in [1.54, 1.807) is 24.3 Å². The molecule has 152 valence electrons. The predicted molar refractivity (Wildman–Crippen MR) is 109 cm³/mol. The molecule has 1 aliphatic carbocycles. The highest BCUT2D eigenvalue weighted by Gasteiger charge is 2.64. The molecule has 1 spiro atoms. The molecule has 3 atom stereocenters. The van der Waals surface area contributed by atoms with E-state index in [2.05, 4.69) is 15.2 Å². The van der Waals surface area contributed by atoms with Crippen molar-refractivity contribution in [1.29, 1.82) is 0 Å². The van der Waals surface area contributed by atoms with Gasteiger partial charge in [-0.15, -0.1) is 0 Å². The Morgan fingerprint density at radius 2 is 2.07 bits per heavy atom. The highest BCUT2D eigenvalue weighted by atomic mass is 35.5. The number of anilines is 1. The van der Waals surface area contributed by atoms with Gasteiger partial charge in [-0.05, 0) is 48.9 Å². The number of rotatable bonds is 4. The molecule has 1 amide bonds. The van der Waals surface area contributed by atoms with Crippen LogP contribution >= 0.6 is 23.2 Å². The lowest BCUT2D eigenvalue weighted by Gasteiger charge is -2.39. The van der Waals surface area contributed by atoms with Crippen LogP contribution in [0, 0.1) is 11.7 Å². The van der Waals surface area contributed by atoms with E-state index in [4.69, 9.17) is 23.2 Å². The number of halogens is 3. The van der Waals surface area contributed by atoms with E-state index < -0.39 is 17.3 Å². The molecule has 2 aliphatic heterocycles. The molecule has 1 aromatic heterocycles. The van der Waals surface area contributed by atoms with Gasteiger partial charge in [0.05, 0.1) is 11.6 Å². The minimum Gasteiger partial charge on any atom is -0.395 e. The Hall–Kier alpha value is -1.73. The van der Waals surface area contributed by atoms with Crippen LogP contribution in [0.15, 0.2) is 30.3 Å². The molecule has 5 nitrogen and oxygen atoms in total. The van der Waals surface area contributed by atoms with E-state index in [0.717, 1.165) is 12.8 Å². The maximum absolute atomic E-state index is 15.1. The highest BCUT2D eigenvalue weighted by molar-refractivity contribution is 6.30. The molecule has 1 saturated carbocycles. The molecule has 1 saturated heterocycles. The van der Waals surface area contributed by atoms with Crippen molar-refractivity contribution in [3.8, 4) is 0 Å². The molecule has 3 heterocycles. The Kier molecular flexibility index (Phi) is 4.59. The third kappa shape index (κ3) is 2.81. The molecule has 0 radical (unpaired) electrons. The first-order valence-corrected chi connectivity index (χ1v) is 10.5.